The first-order valence-corrected chi connectivity index (χ1v) is 18.3. The highest BCUT2D eigenvalue weighted by Gasteiger charge is 2.60. The molecule has 0 N–H and O–H groups in total. The molecule has 1 fully saturated rings. The number of alkyl halides is 4. The molecular weight excluding hydrogens is 687 g/mol. The number of fused-ring (bicyclic) bond motifs is 1. The lowest BCUT2D eigenvalue weighted by atomic mass is 9.86. The molecule has 1 saturated heterocycles. The summed E-state index contributed by atoms with van der Waals surface area (Å²) in [6.07, 6.45) is 0. The predicted octanol–water partition coefficient (Wildman–Crippen LogP) is 11.6. The Morgan fingerprint density at radius 1 is 0.648 bits per heavy atom. The molecule has 0 atom stereocenters. The second kappa shape index (κ2) is 13.5. The molecule has 278 valence electrons. The second-order valence-electron chi connectivity index (χ2n) is 16.5. The lowest BCUT2D eigenvalue weighted by Gasteiger charge is -2.22. The van der Waals surface area contributed by atoms with Gasteiger partial charge >= 0.3 is 19.1 Å². The molecule has 54 heavy (non-hydrogen) atoms. The van der Waals surface area contributed by atoms with E-state index < -0.39 is 32.3 Å². The lowest BCUT2D eigenvalue weighted by Crippen LogP contribution is -2.45. The largest absolute Gasteiger partial charge is 0.598 e. The molecule has 2 aliphatic rings. The molecule has 7 rings (SSSR count). The Morgan fingerprint density at radius 3 is 1.65 bits per heavy atom. The highest BCUT2D eigenvalue weighted by Crippen LogP contribution is 2.45. The molecule has 9 heteroatoms. The van der Waals surface area contributed by atoms with Gasteiger partial charge in [-0.25, -0.2) is 4.99 Å². The zero-order valence-electron chi connectivity index (χ0n) is 32.0. The van der Waals surface area contributed by atoms with Crippen LogP contribution in [0.2, 0.25) is 0 Å². The molecule has 3 heterocycles. The molecule has 0 amide bonds. The Hall–Kier alpha value is -4.73. The molecule has 4 aromatic carbocycles. The first-order valence-electron chi connectivity index (χ1n) is 18.3. The zero-order chi connectivity index (χ0) is 38.8. The van der Waals surface area contributed by atoms with Crippen LogP contribution in [0.15, 0.2) is 108 Å². The van der Waals surface area contributed by atoms with Gasteiger partial charge in [0.1, 0.15) is 13.2 Å². The van der Waals surface area contributed by atoms with Gasteiger partial charge in [0, 0.05) is 33.6 Å². The van der Waals surface area contributed by atoms with E-state index in [-0.39, 0.29) is 10.8 Å². The number of aromatic nitrogens is 1. The van der Waals surface area contributed by atoms with Crippen molar-refractivity contribution in [1.82, 2.24) is 4.48 Å². The Morgan fingerprint density at radius 2 is 1.13 bits per heavy atom. The number of rotatable bonds is 5. The van der Waals surface area contributed by atoms with Gasteiger partial charge in [0.05, 0.1) is 11.4 Å². The van der Waals surface area contributed by atoms with Crippen LogP contribution in [0.5, 0.6) is 0 Å². The van der Waals surface area contributed by atoms with Gasteiger partial charge in [-0.05, 0) is 58.6 Å². The molecular formula is C45H45BF4N2O2. The molecule has 0 spiro atoms. The van der Waals surface area contributed by atoms with Gasteiger partial charge in [-0.3, -0.25) is 0 Å². The molecule has 0 radical (unpaired) electrons. The van der Waals surface area contributed by atoms with Crippen LogP contribution in [0.3, 0.4) is 0 Å². The quantitative estimate of drug-likeness (QED) is 0.133. The van der Waals surface area contributed by atoms with E-state index in [9.17, 15) is 17.6 Å². The predicted molar refractivity (Wildman–Crippen MR) is 211 cm³/mol. The highest BCUT2D eigenvalue weighted by molar-refractivity contribution is 6.44. The molecule has 2 aliphatic heterocycles. The summed E-state index contributed by atoms with van der Waals surface area (Å²) in [6.45, 7) is 13.7. The topological polar surface area (TPSA) is 35.8 Å². The number of allylic oxidation sites excluding steroid dienone is 1. The van der Waals surface area contributed by atoms with E-state index in [0.717, 1.165) is 55.8 Å². The zero-order valence-corrected chi connectivity index (χ0v) is 32.0. The van der Waals surface area contributed by atoms with Crippen molar-refractivity contribution in [2.75, 3.05) is 13.2 Å². The van der Waals surface area contributed by atoms with E-state index >= 15 is 0 Å². The van der Waals surface area contributed by atoms with Crippen molar-refractivity contribution in [2.24, 2.45) is 4.99 Å². The number of halogens is 4. The molecule has 0 unspecified atom stereocenters. The van der Waals surface area contributed by atoms with E-state index in [4.69, 9.17) is 14.3 Å². The van der Waals surface area contributed by atoms with Gasteiger partial charge in [-0.2, -0.15) is 17.6 Å². The van der Waals surface area contributed by atoms with Crippen molar-refractivity contribution in [3.63, 3.8) is 0 Å². The van der Waals surface area contributed by atoms with E-state index in [0.29, 0.717) is 22.7 Å². The smallest absolute Gasteiger partial charge is 0.385 e. The van der Waals surface area contributed by atoms with Crippen LogP contribution in [0.25, 0.3) is 33.7 Å². The van der Waals surface area contributed by atoms with Gasteiger partial charge < -0.3 is 13.8 Å². The standard InChI is InChI=1S/C45H45BF4N2O2/c1-28-13-15-32(16-14-28)40-36-12-10-9-11-35(36)39(51-40)29(2)41-37(30-17-21-33(22-18-30)42(3,4)5)25-38(31-19-23-34(24-20-31)43(6,7)8)52(41)46-53-26-44(47,48)45(49,50)27-54-46/h9-25H,26-27H2,1-8H3/b39-29-. The van der Waals surface area contributed by atoms with E-state index in [1.165, 1.54) is 0 Å². The van der Waals surface area contributed by atoms with Crippen molar-refractivity contribution in [3.8, 4) is 22.4 Å². The molecule has 5 aromatic rings. The number of aliphatic imine (C=N–C) groups is 1. The number of benzene rings is 4. The first-order chi connectivity index (χ1) is 25.4. The van der Waals surface area contributed by atoms with Gasteiger partial charge in [0.15, 0.2) is 0 Å². The normalized spacial score (nSPS) is 17.9. The maximum Gasteiger partial charge on any atom is 0.598 e. The van der Waals surface area contributed by atoms with Crippen LogP contribution >= 0.6 is 0 Å². The highest BCUT2D eigenvalue weighted by atomic mass is 19.3. The minimum Gasteiger partial charge on any atom is -0.385 e. The third-order valence-corrected chi connectivity index (χ3v) is 10.4. The fourth-order valence-corrected chi connectivity index (χ4v) is 7.08. The van der Waals surface area contributed by atoms with Crippen LogP contribution in [-0.2, 0) is 20.1 Å². The number of hydrogen-bond acceptors (Lipinski definition) is 3. The minimum absolute atomic E-state index is 0.0989. The fraction of sp³-hybridized carbons (Fsp3) is 0.311. The SMILES string of the molecule is C/C(=C1/N=C(c2ccc(C)cc2)c2ccccc21)c1c(-c2ccc(C(C)(C)C)cc2)cc(-c2ccc(C(C)(C)C)cc2)n1B1OCC(F)(F)C(F)(F)CO1. The van der Waals surface area contributed by atoms with Crippen molar-refractivity contribution in [3.05, 3.63) is 142 Å². The van der Waals surface area contributed by atoms with Crippen LogP contribution < -0.4 is 0 Å². The lowest BCUT2D eigenvalue weighted by molar-refractivity contribution is -0.222. The third kappa shape index (κ3) is 6.88. The summed E-state index contributed by atoms with van der Waals surface area (Å²) in [4.78, 5) is 5.25. The Balaban J connectivity index is 1.53. The summed E-state index contributed by atoms with van der Waals surface area (Å²) in [5.41, 5.74) is 11.6. The maximum atomic E-state index is 14.8. The Kier molecular flexibility index (Phi) is 9.42. The maximum absolute atomic E-state index is 14.8. The summed E-state index contributed by atoms with van der Waals surface area (Å²) in [7, 11) is -1.60. The van der Waals surface area contributed by atoms with Gasteiger partial charge in [-0.15, -0.1) is 0 Å². The first kappa shape index (κ1) is 37.6. The number of hydrogen-bond donors (Lipinski definition) is 0. The number of nitrogens with zero attached hydrogens (tertiary/aromatic N) is 2. The molecule has 0 aliphatic carbocycles. The van der Waals surface area contributed by atoms with Crippen molar-refractivity contribution in [1.29, 1.82) is 0 Å². The Labute approximate surface area is 315 Å². The minimum atomic E-state index is -4.43. The second-order valence-corrected chi connectivity index (χ2v) is 16.5. The summed E-state index contributed by atoms with van der Waals surface area (Å²) < 4.78 is 72.3. The van der Waals surface area contributed by atoms with E-state index in [1.54, 1.807) is 4.48 Å². The van der Waals surface area contributed by atoms with Crippen LogP contribution in [0.1, 0.15) is 87.5 Å². The van der Waals surface area contributed by atoms with E-state index in [2.05, 4.69) is 53.7 Å². The summed E-state index contributed by atoms with van der Waals surface area (Å²) in [5.74, 6) is -8.86. The Bertz CT molecular complexity index is 2240. The van der Waals surface area contributed by atoms with Crippen molar-refractivity contribution in [2.45, 2.75) is 78.1 Å². The van der Waals surface area contributed by atoms with Crippen LogP contribution in [-0.4, -0.2) is 42.5 Å². The van der Waals surface area contributed by atoms with Gasteiger partial charge in [-0.1, -0.05) is 144 Å². The van der Waals surface area contributed by atoms with Crippen molar-refractivity contribution >= 4 is 24.2 Å². The van der Waals surface area contributed by atoms with Crippen LogP contribution in [0.4, 0.5) is 17.6 Å². The van der Waals surface area contributed by atoms with Gasteiger partial charge in [0.25, 0.3) is 0 Å². The average Bonchev–Trinajstić information content (AvgIpc) is 3.68. The molecule has 1 aromatic heterocycles. The summed E-state index contributed by atoms with van der Waals surface area (Å²) in [6, 6.07) is 34.3. The molecule has 0 bridgehead atoms. The van der Waals surface area contributed by atoms with E-state index in [1.807, 2.05) is 105 Å². The fourth-order valence-electron chi connectivity index (χ4n) is 7.08. The molecule has 4 nitrogen and oxygen atoms in total. The van der Waals surface area contributed by atoms with Crippen molar-refractivity contribution < 1.29 is 26.9 Å². The summed E-state index contributed by atoms with van der Waals surface area (Å²) >= 11 is 0. The third-order valence-electron chi connectivity index (χ3n) is 10.4. The molecule has 0 saturated carbocycles. The van der Waals surface area contributed by atoms with Gasteiger partial charge in [0.2, 0.25) is 0 Å². The average molecular weight is 733 g/mol. The van der Waals surface area contributed by atoms with Crippen LogP contribution in [0, 0.1) is 6.92 Å². The summed E-state index contributed by atoms with van der Waals surface area (Å²) in [5, 5.41) is 0. The monoisotopic (exact) mass is 732 g/mol. The number of aryl methyl sites for hydroxylation is 1.